The van der Waals surface area contributed by atoms with Crippen LogP contribution in [0, 0.1) is 0 Å². The monoisotopic (exact) mass is 331 g/mol. The Bertz CT molecular complexity index is 471. The molecule has 0 aliphatic heterocycles. The van der Waals surface area contributed by atoms with Gasteiger partial charge in [-0.3, -0.25) is 9.59 Å². The third-order valence-corrected chi connectivity index (χ3v) is 2.57. The molecule has 0 aliphatic carbocycles. The van der Waals surface area contributed by atoms with Crippen LogP contribution in [-0.2, 0) is 9.53 Å². The summed E-state index contributed by atoms with van der Waals surface area (Å²) < 4.78 is 10.1. The van der Waals surface area contributed by atoms with Crippen LogP contribution in [0.1, 0.15) is 10.4 Å². The summed E-state index contributed by atoms with van der Waals surface area (Å²) >= 11 is 0. The average Bonchev–Trinajstić information content (AvgIpc) is 2.48. The Morgan fingerprint density at radius 1 is 1.18 bits per heavy atom. The lowest BCUT2D eigenvalue weighted by atomic mass is 10.2. The van der Waals surface area contributed by atoms with Gasteiger partial charge in [-0.2, -0.15) is 0 Å². The van der Waals surface area contributed by atoms with E-state index in [9.17, 15) is 9.59 Å². The minimum Gasteiger partial charge on any atom is -0.483 e. The van der Waals surface area contributed by atoms with Crippen LogP contribution in [-0.4, -0.2) is 51.8 Å². The number of carbonyl (C=O) groups is 2. The maximum Gasteiger partial charge on any atom is 0.255 e. The number of nitrogens with two attached hydrogens (primary N) is 1. The molecule has 4 N–H and O–H groups in total. The molecule has 7 nitrogen and oxygen atoms in total. The van der Waals surface area contributed by atoms with Gasteiger partial charge in [0.15, 0.2) is 6.61 Å². The first kappa shape index (κ1) is 20.2. The molecule has 0 saturated carbocycles. The second-order valence-corrected chi connectivity index (χ2v) is 4.25. The molecule has 0 saturated heterocycles. The molecule has 8 heteroatoms. The molecule has 0 heterocycles. The smallest absolute Gasteiger partial charge is 0.255 e. The van der Waals surface area contributed by atoms with Gasteiger partial charge in [-0.15, -0.1) is 12.4 Å². The van der Waals surface area contributed by atoms with Crippen molar-refractivity contribution in [1.82, 2.24) is 10.6 Å². The molecule has 124 valence electrons. The molecule has 1 rings (SSSR count). The molecule has 0 spiro atoms. The van der Waals surface area contributed by atoms with Crippen LogP contribution >= 0.6 is 12.4 Å². The fourth-order valence-electron chi connectivity index (χ4n) is 1.59. The van der Waals surface area contributed by atoms with Crippen molar-refractivity contribution in [2.75, 3.05) is 40.0 Å². The van der Waals surface area contributed by atoms with Crippen LogP contribution in [0.5, 0.6) is 5.75 Å². The molecule has 1 aromatic rings. The molecule has 2 amide bonds. The third kappa shape index (κ3) is 7.82. The lowest BCUT2D eigenvalue weighted by Gasteiger charge is -2.11. The quantitative estimate of drug-likeness (QED) is 0.521. The van der Waals surface area contributed by atoms with Crippen LogP contribution in [0.2, 0.25) is 0 Å². The van der Waals surface area contributed by atoms with E-state index in [1.54, 1.807) is 31.4 Å². The molecule has 0 aliphatic rings. The molecule has 0 aromatic heterocycles. The predicted octanol–water partition coefficient (Wildman–Crippen LogP) is -0.0617. The standard InChI is InChI=1S/C14H21N3O4.ClH/c1-20-9-8-16-6-7-17-14(19)11-4-2-3-5-12(11)21-10-13(15)18;/h2-5,16H,6-10H2,1H3,(H2,15,18)(H,17,19);1H. The number of rotatable bonds is 10. The highest BCUT2D eigenvalue weighted by Crippen LogP contribution is 2.17. The number of para-hydroxylation sites is 1. The Morgan fingerprint density at radius 2 is 1.91 bits per heavy atom. The number of carbonyl (C=O) groups excluding carboxylic acids is 2. The van der Waals surface area contributed by atoms with E-state index in [0.717, 1.165) is 6.54 Å². The molecular weight excluding hydrogens is 310 g/mol. The minimum atomic E-state index is -0.590. The molecular formula is C14H22ClN3O4. The number of benzene rings is 1. The maximum atomic E-state index is 12.0. The predicted molar refractivity (Wildman–Crippen MR) is 85.5 cm³/mol. The molecule has 0 bridgehead atoms. The highest BCUT2D eigenvalue weighted by Gasteiger charge is 2.11. The van der Waals surface area contributed by atoms with Crippen molar-refractivity contribution in [2.45, 2.75) is 0 Å². The fraction of sp³-hybridized carbons (Fsp3) is 0.429. The summed E-state index contributed by atoms with van der Waals surface area (Å²) in [5.74, 6) is -0.516. The number of amides is 2. The van der Waals surface area contributed by atoms with E-state index in [-0.39, 0.29) is 24.9 Å². The highest BCUT2D eigenvalue weighted by molar-refractivity contribution is 5.97. The fourth-order valence-corrected chi connectivity index (χ4v) is 1.59. The van der Waals surface area contributed by atoms with E-state index in [2.05, 4.69) is 10.6 Å². The topological polar surface area (TPSA) is 103 Å². The minimum absolute atomic E-state index is 0. The zero-order valence-electron chi connectivity index (χ0n) is 12.5. The molecule has 0 atom stereocenters. The lowest BCUT2D eigenvalue weighted by Crippen LogP contribution is -2.33. The van der Waals surface area contributed by atoms with Crippen LogP contribution in [0.25, 0.3) is 0 Å². The van der Waals surface area contributed by atoms with E-state index in [1.807, 2.05) is 0 Å². The van der Waals surface area contributed by atoms with Crippen LogP contribution in [0.3, 0.4) is 0 Å². The van der Waals surface area contributed by atoms with E-state index < -0.39 is 5.91 Å². The number of halogens is 1. The van der Waals surface area contributed by atoms with Crippen molar-refractivity contribution in [3.8, 4) is 5.75 Å². The molecule has 22 heavy (non-hydrogen) atoms. The summed E-state index contributed by atoms with van der Waals surface area (Å²) in [7, 11) is 1.63. The van der Waals surface area contributed by atoms with Gasteiger partial charge in [0, 0.05) is 26.7 Å². The van der Waals surface area contributed by atoms with Gasteiger partial charge in [-0.05, 0) is 12.1 Å². The zero-order valence-corrected chi connectivity index (χ0v) is 13.3. The number of ether oxygens (including phenoxy) is 2. The van der Waals surface area contributed by atoms with E-state index in [1.165, 1.54) is 0 Å². The second-order valence-electron chi connectivity index (χ2n) is 4.25. The van der Waals surface area contributed by atoms with Crippen molar-refractivity contribution in [3.05, 3.63) is 29.8 Å². The van der Waals surface area contributed by atoms with Crippen LogP contribution in [0.4, 0.5) is 0 Å². The first-order valence-electron chi connectivity index (χ1n) is 6.63. The van der Waals surface area contributed by atoms with Gasteiger partial charge in [0.1, 0.15) is 5.75 Å². The van der Waals surface area contributed by atoms with E-state index in [4.69, 9.17) is 15.2 Å². The van der Waals surface area contributed by atoms with Crippen molar-refractivity contribution in [2.24, 2.45) is 5.73 Å². The normalized spacial score (nSPS) is 9.68. The summed E-state index contributed by atoms with van der Waals surface area (Å²) in [5, 5.41) is 5.88. The Morgan fingerprint density at radius 3 is 2.59 bits per heavy atom. The van der Waals surface area contributed by atoms with Crippen molar-refractivity contribution in [1.29, 1.82) is 0 Å². The molecule has 0 radical (unpaired) electrons. The van der Waals surface area contributed by atoms with Gasteiger partial charge in [0.25, 0.3) is 11.8 Å². The van der Waals surface area contributed by atoms with Crippen molar-refractivity contribution >= 4 is 24.2 Å². The van der Waals surface area contributed by atoms with Gasteiger partial charge >= 0.3 is 0 Å². The lowest BCUT2D eigenvalue weighted by molar-refractivity contribution is -0.119. The van der Waals surface area contributed by atoms with Crippen molar-refractivity contribution < 1.29 is 19.1 Å². The third-order valence-electron chi connectivity index (χ3n) is 2.57. The molecule has 0 fully saturated rings. The van der Waals surface area contributed by atoms with E-state index >= 15 is 0 Å². The number of hydrogen-bond acceptors (Lipinski definition) is 5. The first-order chi connectivity index (χ1) is 10.1. The summed E-state index contributed by atoms with van der Waals surface area (Å²) in [6, 6.07) is 6.70. The summed E-state index contributed by atoms with van der Waals surface area (Å²) in [5.41, 5.74) is 5.39. The van der Waals surface area contributed by atoms with Crippen molar-refractivity contribution in [3.63, 3.8) is 0 Å². The largest absolute Gasteiger partial charge is 0.483 e. The number of nitrogens with one attached hydrogen (secondary N) is 2. The Labute approximate surface area is 135 Å². The average molecular weight is 332 g/mol. The Hall–Kier alpha value is -1.83. The van der Waals surface area contributed by atoms with Gasteiger partial charge in [-0.1, -0.05) is 12.1 Å². The summed E-state index contributed by atoms with van der Waals surface area (Å²) in [6.07, 6.45) is 0. The second kappa shape index (κ2) is 11.8. The van der Waals surface area contributed by atoms with Gasteiger partial charge in [0.05, 0.1) is 12.2 Å². The SMILES string of the molecule is COCCNCCNC(=O)c1ccccc1OCC(N)=O.Cl. The maximum absolute atomic E-state index is 12.0. The zero-order chi connectivity index (χ0) is 15.5. The van der Waals surface area contributed by atoms with Crippen LogP contribution < -0.4 is 21.1 Å². The Kier molecular flexibility index (Phi) is 10.8. The molecule has 1 aromatic carbocycles. The number of primary amides is 1. The van der Waals surface area contributed by atoms with Gasteiger partial charge < -0.3 is 25.8 Å². The van der Waals surface area contributed by atoms with E-state index in [0.29, 0.717) is 31.0 Å². The summed E-state index contributed by atoms with van der Waals surface area (Å²) in [4.78, 5) is 22.8. The first-order valence-corrected chi connectivity index (χ1v) is 6.63. The number of hydrogen-bond donors (Lipinski definition) is 3. The van der Waals surface area contributed by atoms with Gasteiger partial charge in [-0.25, -0.2) is 0 Å². The number of methoxy groups -OCH3 is 1. The Balaban J connectivity index is 0.00000441. The van der Waals surface area contributed by atoms with Gasteiger partial charge in [0.2, 0.25) is 0 Å². The highest BCUT2D eigenvalue weighted by atomic mass is 35.5. The molecule has 0 unspecified atom stereocenters. The summed E-state index contributed by atoms with van der Waals surface area (Å²) in [6.45, 7) is 2.21. The van der Waals surface area contributed by atoms with Crippen LogP contribution in [0.15, 0.2) is 24.3 Å².